The molecule has 0 spiro atoms. The molecule has 1 aliphatic carbocycles. The Morgan fingerprint density at radius 1 is 1.19 bits per heavy atom. The molecule has 5 heteroatoms. The van der Waals surface area contributed by atoms with Gasteiger partial charge in [-0.2, -0.15) is 0 Å². The lowest BCUT2D eigenvalue weighted by Crippen LogP contribution is -2.67. The van der Waals surface area contributed by atoms with Gasteiger partial charge in [0.05, 0.1) is 0 Å². The van der Waals surface area contributed by atoms with Crippen molar-refractivity contribution >= 4 is 16.5 Å². The standard InChI is InChI=1S/C16H28N4S/c1-15(2)5-3-4-6-16(15,13-17)20-10-8-19(9-11-20)14-18-7-12-21-14/h7,12H,3-6,8-11,13,17H2,1-2H3. The molecule has 0 aromatic carbocycles. The molecule has 21 heavy (non-hydrogen) atoms. The van der Waals surface area contributed by atoms with Crippen molar-refractivity contribution in [2.45, 2.75) is 45.1 Å². The Hall–Kier alpha value is -0.650. The lowest BCUT2D eigenvalue weighted by molar-refractivity contribution is -0.0464. The van der Waals surface area contributed by atoms with Crippen molar-refractivity contribution in [3.8, 4) is 0 Å². The molecule has 3 rings (SSSR count). The molecule has 2 N–H and O–H groups in total. The Morgan fingerprint density at radius 2 is 1.90 bits per heavy atom. The van der Waals surface area contributed by atoms with E-state index in [2.05, 4.69) is 34.0 Å². The van der Waals surface area contributed by atoms with E-state index >= 15 is 0 Å². The molecule has 4 nitrogen and oxygen atoms in total. The van der Waals surface area contributed by atoms with Crippen molar-refractivity contribution < 1.29 is 0 Å². The van der Waals surface area contributed by atoms with Crippen molar-refractivity contribution in [2.75, 3.05) is 37.6 Å². The number of nitrogens with zero attached hydrogens (tertiary/aromatic N) is 3. The minimum atomic E-state index is 0.195. The van der Waals surface area contributed by atoms with Crippen LogP contribution >= 0.6 is 11.3 Å². The molecule has 1 saturated heterocycles. The van der Waals surface area contributed by atoms with Crippen molar-refractivity contribution in [3.63, 3.8) is 0 Å². The van der Waals surface area contributed by atoms with Gasteiger partial charge in [0.25, 0.3) is 0 Å². The summed E-state index contributed by atoms with van der Waals surface area (Å²) >= 11 is 1.74. The molecular formula is C16H28N4S. The fourth-order valence-corrected chi connectivity index (χ4v) is 5.04. The van der Waals surface area contributed by atoms with E-state index in [0.717, 1.165) is 32.7 Å². The molecule has 2 fully saturated rings. The topological polar surface area (TPSA) is 45.4 Å². The highest BCUT2D eigenvalue weighted by Crippen LogP contribution is 2.47. The molecule has 2 aliphatic rings. The summed E-state index contributed by atoms with van der Waals surface area (Å²) in [6.07, 6.45) is 7.14. The quantitative estimate of drug-likeness (QED) is 0.932. The van der Waals surface area contributed by atoms with Gasteiger partial charge in [-0.3, -0.25) is 4.90 Å². The summed E-state index contributed by atoms with van der Waals surface area (Å²) in [4.78, 5) is 9.55. The Kier molecular flexibility index (Phi) is 4.26. The first-order chi connectivity index (χ1) is 10.1. The molecular weight excluding hydrogens is 280 g/mol. The molecule has 1 atom stereocenters. The van der Waals surface area contributed by atoms with Crippen LogP contribution in [0.15, 0.2) is 11.6 Å². The van der Waals surface area contributed by atoms with Gasteiger partial charge in [-0.15, -0.1) is 11.3 Å². The number of hydrogen-bond donors (Lipinski definition) is 1. The largest absolute Gasteiger partial charge is 0.346 e. The summed E-state index contributed by atoms with van der Waals surface area (Å²) in [7, 11) is 0. The van der Waals surface area contributed by atoms with Crippen molar-refractivity contribution in [2.24, 2.45) is 11.1 Å². The van der Waals surface area contributed by atoms with Gasteiger partial charge in [0.1, 0.15) is 0 Å². The van der Waals surface area contributed by atoms with Crippen LogP contribution in [-0.2, 0) is 0 Å². The van der Waals surface area contributed by atoms with Crippen LogP contribution in [-0.4, -0.2) is 48.1 Å². The third-order valence-electron chi connectivity index (χ3n) is 5.81. The van der Waals surface area contributed by atoms with E-state index in [9.17, 15) is 0 Å². The third kappa shape index (κ3) is 2.60. The van der Waals surface area contributed by atoms with E-state index in [-0.39, 0.29) is 5.54 Å². The predicted octanol–water partition coefficient (Wildman–Crippen LogP) is 2.56. The number of rotatable bonds is 3. The van der Waals surface area contributed by atoms with Crippen LogP contribution in [0.5, 0.6) is 0 Å². The summed E-state index contributed by atoms with van der Waals surface area (Å²) in [5.74, 6) is 0. The van der Waals surface area contributed by atoms with Gasteiger partial charge in [0.15, 0.2) is 5.13 Å². The van der Waals surface area contributed by atoms with Gasteiger partial charge in [0, 0.05) is 49.8 Å². The highest BCUT2D eigenvalue weighted by molar-refractivity contribution is 7.13. The maximum atomic E-state index is 6.31. The number of anilines is 1. The molecule has 0 bridgehead atoms. The van der Waals surface area contributed by atoms with Gasteiger partial charge in [-0.05, 0) is 18.3 Å². The lowest BCUT2D eigenvalue weighted by atomic mass is 9.62. The minimum Gasteiger partial charge on any atom is -0.346 e. The summed E-state index contributed by atoms with van der Waals surface area (Å²) in [6.45, 7) is 10.0. The second-order valence-electron chi connectivity index (χ2n) is 7.12. The van der Waals surface area contributed by atoms with E-state index in [4.69, 9.17) is 5.73 Å². The Labute approximate surface area is 132 Å². The molecule has 1 aromatic rings. The number of nitrogens with two attached hydrogens (primary N) is 1. The summed E-state index contributed by atoms with van der Waals surface area (Å²) < 4.78 is 0. The highest BCUT2D eigenvalue weighted by atomic mass is 32.1. The lowest BCUT2D eigenvalue weighted by Gasteiger charge is -2.57. The molecule has 118 valence electrons. The zero-order chi connectivity index (χ0) is 14.9. The van der Waals surface area contributed by atoms with Crippen molar-refractivity contribution in [3.05, 3.63) is 11.6 Å². The molecule has 0 radical (unpaired) electrons. The van der Waals surface area contributed by atoms with Gasteiger partial charge in [0.2, 0.25) is 0 Å². The van der Waals surface area contributed by atoms with Crippen LogP contribution in [0, 0.1) is 5.41 Å². The fraction of sp³-hybridized carbons (Fsp3) is 0.812. The van der Waals surface area contributed by atoms with E-state index in [1.165, 1.54) is 30.8 Å². The van der Waals surface area contributed by atoms with Gasteiger partial charge in [-0.1, -0.05) is 26.7 Å². The predicted molar refractivity (Wildman–Crippen MR) is 89.9 cm³/mol. The zero-order valence-corrected chi connectivity index (χ0v) is 14.2. The van der Waals surface area contributed by atoms with E-state index in [1.54, 1.807) is 11.3 Å². The zero-order valence-electron chi connectivity index (χ0n) is 13.3. The summed E-state index contributed by atoms with van der Waals surface area (Å²) in [6, 6.07) is 0. The molecule has 2 heterocycles. The van der Waals surface area contributed by atoms with Crippen LogP contribution in [0.4, 0.5) is 5.13 Å². The molecule has 1 saturated carbocycles. The fourth-order valence-electron chi connectivity index (χ4n) is 4.35. The molecule has 1 unspecified atom stereocenters. The second-order valence-corrected chi connectivity index (χ2v) is 7.99. The monoisotopic (exact) mass is 308 g/mol. The number of piperazine rings is 1. The Balaban J connectivity index is 1.72. The van der Waals surface area contributed by atoms with Gasteiger partial charge >= 0.3 is 0 Å². The van der Waals surface area contributed by atoms with Crippen molar-refractivity contribution in [1.29, 1.82) is 0 Å². The average molecular weight is 308 g/mol. The first-order valence-electron chi connectivity index (χ1n) is 8.19. The van der Waals surface area contributed by atoms with E-state index in [0.29, 0.717) is 5.41 Å². The minimum absolute atomic E-state index is 0.195. The average Bonchev–Trinajstić information content (AvgIpc) is 3.02. The summed E-state index contributed by atoms with van der Waals surface area (Å²) in [5.41, 5.74) is 6.83. The number of aromatic nitrogens is 1. The second kappa shape index (κ2) is 5.86. The van der Waals surface area contributed by atoms with Gasteiger partial charge < -0.3 is 10.6 Å². The maximum absolute atomic E-state index is 6.31. The van der Waals surface area contributed by atoms with Crippen LogP contribution < -0.4 is 10.6 Å². The first-order valence-corrected chi connectivity index (χ1v) is 9.07. The Bertz CT molecular complexity index is 451. The number of hydrogen-bond acceptors (Lipinski definition) is 5. The number of thiazole rings is 1. The van der Waals surface area contributed by atoms with E-state index in [1.807, 2.05) is 6.20 Å². The van der Waals surface area contributed by atoms with Gasteiger partial charge in [-0.25, -0.2) is 4.98 Å². The van der Waals surface area contributed by atoms with Crippen LogP contribution in [0.3, 0.4) is 0 Å². The van der Waals surface area contributed by atoms with E-state index < -0.39 is 0 Å². The first kappa shape index (κ1) is 15.3. The van der Waals surface area contributed by atoms with Crippen LogP contribution in [0.25, 0.3) is 0 Å². The smallest absolute Gasteiger partial charge is 0.185 e. The molecule has 1 aliphatic heterocycles. The Morgan fingerprint density at radius 3 is 2.48 bits per heavy atom. The SMILES string of the molecule is CC1(C)CCCCC1(CN)N1CCN(c2nccs2)CC1. The highest BCUT2D eigenvalue weighted by Gasteiger charge is 2.49. The van der Waals surface area contributed by atoms with Crippen LogP contribution in [0.1, 0.15) is 39.5 Å². The maximum Gasteiger partial charge on any atom is 0.185 e. The molecule has 1 aromatic heterocycles. The van der Waals surface area contributed by atoms with Crippen LogP contribution in [0.2, 0.25) is 0 Å². The summed E-state index contributed by atoms with van der Waals surface area (Å²) in [5, 5.41) is 3.23. The normalized spacial score (nSPS) is 30.5. The van der Waals surface area contributed by atoms with Crippen molar-refractivity contribution in [1.82, 2.24) is 9.88 Å². The third-order valence-corrected chi connectivity index (χ3v) is 6.65. The molecule has 0 amide bonds.